The van der Waals surface area contributed by atoms with Gasteiger partial charge in [-0.2, -0.15) is 0 Å². The molecule has 2 aromatic carbocycles. The Morgan fingerprint density at radius 1 is 0.839 bits per heavy atom. The van der Waals surface area contributed by atoms with E-state index in [1.165, 1.54) is 54.7 Å². The highest BCUT2D eigenvalue weighted by Crippen LogP contribution is 2.21. The fraction of sp³-hybridized carbons (Fsp3) is 0.0476. The number of carbonyl (C=O) groups is 3. The molecule has 3 aromatic rings. The third-order valence-electron chi connectivity index (χ3n) is 3.92. The number of pyridine rings is 1. The van der Waals surface area contributed by atoms with E-state index < -0.39 is 36.0 Å². The normalized spacial score (nSPS) is 10.1. The summed E-state index contributed by atoms with van der Waals surface area (Å²) in [5, 5.41) is 2.69. The van der Waals surface area contributed by atoms with Crippen LogP contribution in [0.1, 0.15) is 20.7 Å². The van der Waals surface area contributed by atoms with Crippen molar-refractivity contribution >= 4 is 29.3 Å². The molecule has 0 aliphatic heterocycles. The molecule has 1 aromatic heterocycles. The van der Waals surface area contributed by atoms with E-state index in [9.17, 15) is 23.2 Å². The first-order valence-corrected chi connectivity index (χ1v) is 8.93. The summed E-state index contributed by atoms with van der Waals surface area (Å²) >= 11 is 0. The maximum atomic E-state index is 13.8. The van der Waals surface area contributed by atoms with E-state index in [0.29, 0.717) is 0 Å². The van der Waals surface area contributed by atoms with Crippen molar-refractivity contribution < 1.29 is 27.9 Å². The van der Waals surface area contributed by atoms with Gasteiger partial charge in [0.25, 0.3) is 11.8 Å². The lowest BCUT2D eigenvalue weighted by Crippen LogP contribution is -2.43. The van der Waals surface area contributed by atoms with E-state index in [0.717, 1.165) is 6.07 Å². The van der Waals surface area contributed by atoms with Crippen LogP contribution in [0.2, 0.25) is 0 Å². The van der Waals surface area contributed by atoms with E-state index in [1.54, 1.807) is 6.07 Å². The predicted octanol–water partition coefficient (Wildman–Crippen LogP) is 2.72. The fourth-order valence-corrected chi connectivity index (χ4v) is 2.44. The molecule has 0 fully saturated rings. The number of halogens is 2. The molecule has 1 heterocycles. The van der Waals surface area contributed by atoms with Gasteiger partial charge in [-0.05, 0) is 36.4 Å². The van der Waals surface area contributed by atoms with Crippen LogP contribution in [0, 0.1) is 11.6 Å². The summed E-state index contributed by atoms with van der Waals surface area (Å²) in [6, 6.07) is 13.9. The number of hydrazine groups is 1. The summed E-state index contributed by atoms with van der Waals surface area (Å²) in [5.41, 5.74) is 3.83. The number of carbonyl (C=O) groups excluding carboxylic acids is 3. The van der Waals surface area contributed by atoms with Crippen LogP contribution in [0.5, 0.6) is 0 Å². The summed E-state index contributed by atoms with van der Waals surface area (Å²) < 4.78 is 32.3. The highest BCUT2D eigenvalue weighted by atomic mass is 19.1. The predicted molar refractivity (Wildman–Crippen MR) is 106 cm³/mol. The van der Waals surface area contributed by atoms with Crippen LogP contribution < -0.4 is 16.2 Å². The maximum absolute atomic E-state index is 13.8. The zero-order valence-corrected chi connectivity index (χ0v) is 15.9. The standard InChI is InChI=1S/C21H16F2N4O4/c22-15-8-2-1-6-13(15)20(29)27-26-18(28)12-31-21(30)14-7-5-11-24-19(14)25-17-10-4-3-9-16(17)23/h1-11H,12H2,(H,24,25)(H,26,28)(H,27,29). The molecule has 0 atom stereocenters. The number of aromatic nitrogens is 1. The molecule has 0 radical (unpaired) electrons. The van der Waals surface area contributed by atoms with E-state index in [4.69, 9.17) is 4.74 Å². The van der Waals surface area contributed by atoms with Gasteiger partial charge in [0.1, 0.15) is 23.0 Å². The molecular weight excluding hydrogens is 410 g/mol. The molecule has 3 N–H and O–H groups in total. The summed E-state index contributed by atoms with van der Waals surface area (Å²) in [6.07, 6.45) is 1.39. The second kappa shape index (κ2) is 9.92. The lowest BCUT2D eigenvalue weighted by atomic mass is 10.2. The zero-order valence-electron chi connectivity index (χ0n) is 15.9. The van der Waals surface area contributed by atoms with Crippen molar-refractivity contribution in [2.45, 2.75) is 0 Å². The van der Waals surface area contributed by atoms with E-state index in [-0.39, 0.29) is 22.6 Å². The van der Waals surface area contributed by atoms with Gasteiger partial charge in [0.15, 0.2) is 6.61 Å². The van der Waals surface area contributed by atoms with Crippen molar-refractivity contribution in [2.24, 2.45) is 0 Å². The SMILES string of the molecule is O=C(COC(=O)c1cccnc1Nc1ccccc1F)NNC(=O)c1ccccc1F. The highest BCUT2D eigenvalue weighted by molar-refractivity contribution is 5.97. The van der Waals surface area contributed by atoms with Crippen molar-refractivity contribution in [3.05, 3.63) is 89.6 Å². The van der Waals surface area contributed by atoms with Crippen LogP contribution in [0.3, 0.4) is 0 Å². The number of esters is 1. The minimum absolute atomic E-state index is 0.0332. The molecule has 0 saturated carbocycles. The molecule has 0 bridgehead atoms. The first kappa shape index (κ1) is 21.4. The van der Waals surface area contributed by atoms with Crippen molar-refractivity contribution in [3.8, 4) is 0 Å². The number of hydrogen-bond acceptors (Lipinski definition) is 6. The summed E-state index contributed by atoms with van der Waals surface area (Å²) in [5.74, 6) is -3.90. The van der Waals surface area contributed by atoms with Crippen LogP contribution in [-0.2, 0) is 9.53 Å². The van der Waals surface area contributed by atoms with Gasteiger partial charge in [-0.25, -0.2) is 18.6 Å². The number of anilines is 2. The van der Waals surface area contributed by atoms with Gasteiger partial charge >= 0.3 is 5.97 Å². The smallest absolute Gasteiger partial charge is 0.342 e. The number of ether oxygens (including phenoxy) is 1. The van der Waals surface area contributed by atoms with E-state index in [2.05, 4.69) is 10.3 Å². The molecule has 0 spiro atoms. The Morgan fingerprint density at radius 2 is 1.52 bits per heavy atom. The van der Waals surface area contributed by atoms with Gasteiger partial charge in [-0.15, -0.1) is 0 Å². The summed E-state index contributed by atoms with van der Waals surface area (Å²) in [4.78, 5) is 40.0. The van der Waals surface area contributed by atoms with E-state index in [1.807, 2.05) is 10.9 Å². The fourth-order valence-electron chi connectivity index (χ4n) is 2.44. The Hall–Kier alpha value is -4.34. The molecule has 3 rings (SSSR count). The molecule has 31 heavy (non-hydrogen) atoms. The Morgan fingerprint density at radius 3 is 2.26 bits per heavy atom. The van der Waals surface area contributed by atoms with Gasteiger partial charge in [0.2, 0.25) is 0 Å². The number of amides is 2. The van der Waals surface area contributed by atoms with Crippen molar-refractivity contribution in [3.63, 3.8) is 0 Å². The average Bonchev–Trinajstić information content (AvgIpc) is 2.78. The molecule has 158 valence electrons. The third kappa shape index (κ3) is 5.60. The second-order valence-electron chi connectivity index (χ2n) is 6.06. The van der Waals surface area contributed by atoms with Gasteiger partial charge in [0.05, 0.1) is 11.3 Å². The molecule has 0 aliphatic carbocycles. The Balaban J connectivity index is 1.56. The van der Waals surface area contributed by atoms with Crippen LogP contribution in [-0.4, -0.2) is 29.4 Å². The van der Waals surface area contributed by atoms with Gasteiger partial charge in [-0.3, -0.25) is 20.4 Å². The lowest BCUT2D eigenvalue weighted by Gasteiger charge is -2.11. The first-order chi connectivity index (χ1) is 15.0. The molecule has 10 heteroatoms. The van der Waals surface area contributed by atoms with Gasteiger partial charge < -0.3 is 10.1 Å². The highest BCUT2D eigenvalue weighted by Gasteiger charge is 2.17. The van der Waals surface area contributed by atoms with Crippen molar-refractivity contribution in [2.75, 3.05) is 11.9 Å². The Labute approximate surface area is 175 Å². The summed E-state index contributed by atoms with van der Waals surface area (Å²) in [7, 11) is 0. The molecule has 8 nitrogen and oxygen atoms in total. The van der Waals surface area contributed by atoms with E-state index >= 15 is 0 Å². The molecule has 0 aliphatic rings. The lowest BCUT2D eigenvalue weighted by molar-refractivity contribution is -0.125. The number of rotatable bonds is 6. The van der Waals surface area contributed by atoms with Crippen molar-refractivity contribution in [1.82, 2.24) is 15.8 Å². The maximum Gasteiger partial charge on any atom is 0.342 e. The number of hydrogen-bond donors (Lipinski definition) is 3. The van der Waals surface area contributed by atoms with Crippen LogP contribution in [0.25, 0.3) is 0 Å². The number of para-hydroxylation sites is 1. The van der Waals surface area contributed by atoms with Crippen LogP contribution in [0.15, 0.2) is 66.9 Å². The quantitative estimate of drug-likeness (QED) is 0.413. The number of benzene rings is 2. The Bertz CT molecular complexity index is 1120. The van der Waals surface area contributed by atoms with Crippen LogP contribution >= 0.6 is 0 Å². The first-order valence-electron chi connectivity index (χ1n) is 8.93. The zero-order chi connectivity index (χ0) is 22.2. The minimum atomic E-state index is -0.900. The van der Waals surface area contributed by atoms with Gasteiger partial charge in [-0.1, -0.05) is 24.3 Å². The minimum Gasteiger partial charge on any atom is -0.452 e. The van der Waals surface area contributed by atoms with Crippen molar-refractivity contribution in [1.29, 1.82) is 0 Å². The topological polar surface area (TPSA) is 109 Å². The third-order valence-corrected chi connectivity index (χ3v) is 3.92. The van der Waals surface area contributed by atoms with Gasteiger partial charge in [0, 0.05) is 6.20 Å². The number of nitrogens with zero attached hydrogens (tertiary/aromatic N) is 1. The number of nitrogens with one attached hydrogen (secondary N) is 3. The molecule has 0 saturated heterocycles. The monoisotopic (exact) mass is 426 g/mol. The summed E-state index contributed by atoms with van der Waals surface area (Å²) in [6.45, 7) is -0.732. The molecular formula is C21H16F2N4O4. The molecule has 0 unspecified atom stereocenters. The Kier molecular flexibility index (Phi) is 6.84. The average molecular weight is 426 g/mol. The largest absolute Gasteiger partial charge is 0.452 e. The molecule has 2 amide bonds. The second-order valence-corrected chi connectivity index (χ2v) is 6.06. The van der Waals surface area contributed by atoms with Crippen LogP contribution in [0.4, 0.5) is 20.3 Å².